The van der Waals surface area contributed by atoms with E-state index in [1.165, 1.54) is 16.5 Å². The highest BCUT2D eigenvalue weighted by atomic mass is 32.1. The van der Waals surface area contributed by atoms with Crippen LogP contribution >= 0.6 is 11.3 Å². The van der Waals surface area contributed by atoms with Crippen LogP contribution in [-0.2, 0) is 7.05 Å². The summed E-state index contributed by atoms with van der Waals surface area (Å²) >= 11 is 1.54. The Morgan fingerprint density at radius 1 is 1.09 bits per heavy atom. The minimum Gasteiger partial charge on any atom is -0.278 e. The fourth-order valence-corrected chi connectivity index (χ4v) is 2.52. The minimum atomic E-state index is 0.725. The molecular weight excluding hydrogens is 312 g/mol. The molecule has 117 valence electrons. The number of nitrogens with zero attached hydrogens (tertiary/aromatic N) is 8. The monoisotopic (exact) mass is 328 g/mol. The van der Waals surface area contributed by atoms with Crippen molar-refractivity contribution in [1.82, 2.24) is 15.7 Å². The Morgan fingerprint density at radius 3 is 2.35 bits per heavy atom. The van der Waals surface area contributed by atoms with Crippen LogP contribution in [0.5, 0.6) is 0 Å². The molecular formula is C14H16N8S+. The molecule has 9 heteroatoms. The molecule has 23 heavy (non-hydrogen) atoms. The summed E-state index contributed by atoms with van der Waals surface area (Å²) in [5.74, 6) is 0. The van der Waals surface area contributed by atoms with Crippen LogP contribution < -0.4 is 10.1 Å². The summed E-state index contributed by atoms with van der Waals surface area (Å²) in [6.07, 6.45) is 3.81. The number of rotatable bonds is 4. The first-order valence-electron chi connectivity index (χ1n) is 6.91. The van der Waals surface area contributed by atoms with Gasteiger partial charge in [0.05, 0.1) is 23.5 Å². The van der Waals surface area contributed by atoms with Crippen molar-refractivity contribution in [2.45, 2.75) is 6.92 Å². The largest absolute Gasteiger partial charge is 0.408 e. The van der Waals surface area contributed by atoms with E-state index >= 15 is 0 Å². The predicted octanol–water partition coefficient (Wildman–Crippen LogP) is 3.53. The van der Waals surface area contributed by atoms with Crippen LogP contribution in [-0.4, -0.2) is 17.2 Å². The molecule has 2 heterocycles. The van der Waals surface area contributed by atoms with E-state index in [1.54, 1.807) is 5.01 Å². The zero-order valence-corrected chi connectivity index (χ0v) is 13.8. The Bertz CT molecular complexity index is 761. The van der Waals surface area contributed by atoms with Crippen molar-refractivity contribution in [3.8, 4) is 0 Å². The summed E-state index contributed by atoms with van der Waals surface area (Å²) in [5.41, 5.74) is 6.54. The zero-order chi connectivity index (χ0) is 16.2. The van der Waals surface area contributed by atoms with Gasteiger partial charge in [0.2, 0.25) is 0 Å². The minimum absolute atomic E-state index is 0.725. The van der Waals surface area contributed by atoms with E-state index in [4.69, 9.17) is 0 Å². The van der Waals surface area contributed by atoms with E-state index in [2.05, 4.69) is 26.1 Å². The van der Waals surface area contributed by atoms with Gasteiger partial charge >= 0.3 is 5.13 Å². The number of azo groups is 1. The van der Waals surface area contributed by atoms with Crippen molar-refractivity contribution in [3.63, 3.8) is 0 Å². The summed E-state index contributed by atoms with van der Waals surface area (Å²) in [5, 5.41) is 22.6. The summed E-state index contributed by atoms with van der Waals surface area (Å²) in [4.78, 5) is 0. The third-order valence-electron chi connectivity index (χ3n) is 3.02. The molecule has 0 unspecified atom stereocenters. The molecule has 1 aromatic carbocycles. The number of aromatic nitrogens is 1. The van der Waals surface area contributed by atoms with Gasteiger partial charge in [-0.25, -0.2) is 4.57 Å². The second kappa shape index (κ2) is 6.63. The summed E-state index contributed by atoms with van der Waals surface area (Å²) in [7, 11) is 3.78. The van der Waals surface area contributed by atoms with Gasteiger partial charge in [-0.05, 0) is 52.9 Å². The van der Waals surface area contributed by atoms with Gasteiger partial charge < -0.3 is 0 Å². The average molecular weight is 328 g/mol. The third kappa shape index (κ3) is 3.76. The van der Waals surface area contributed by atoms with Crippen LogP contribution in [0.4, 0.5) is 16.5 Å². The highest BCUT2D eigenvalue weighted by Crippen LogP contribution is 2.22. The van der Waals surface area contributed by atoms with E-state index < -0.39 is 0 Å². The Labute approximate surface area is 138 Å². The van der Waals surface area contributed by atoms with Crippen LogP contribution in [0.3, 0.4) is 0 Å². The van der Waals surface area contributed by atoms with Crippen LogP contribution in [0.15, 0.2) is 68.3 Å². The number of thiazole rings is 1. The van der Waals surface area contributed by atoms with E-state index in [0.29, 0.717) is 0 Å². The first kappa shape index (κ1) is 15.3. The highest BCUT2D eigenvalue weighted by molar-refractivity contribution is 7.12. The lowest BCUT2D eigenvalue weighted by Crippen LogP contribution is -2.26. The zero-order valence-electron chi connectivity index (χ0n) is 13.0. The van der Waals surface area contributed by atoms with Gasteiger partial charge in [0.25, 0.3) is 0 Å². The van der Waals surface area contributed by atoms with E-state index in [-0.39, 0.29) is 0 Å². The van der Waals surface area contributed by atoms with Crippen molar-refractivity contribution in [3.05, 3.63) is 47.7 Å². The molecule has 1 aliphatic rings. The molecule has 1 radical (unpaired) electrons. The number of hydrogen-bond donors (Lipinski definition) is 0. The van der Waals surface area contributed by atoms with Crippen molar-refractivity contribution in [2.24, 2.45) is 27.6 Å². The molecule has 1 aliphatic heterocycles. The van der Waals surface area contributed by atoms with Gasteiger partial charge in [-0.3, -0.25) is 5.01 Å². The lowest BCUT2D eigenvalue weighted by molar-refractivity contribution is -0.654. The molecule has 0 bridgehead atoms. The van der Waals surface area contributed by atoms with Gasteiger partial charge in [-0.1, -0.05) is 0 Å². The molecule has 0 amide bonds. The predicted molar refractivity (Wildman–Crippen MR) is 86.1 cm³/mol. The molecule has 0 spiro atoms. The van der Waals surface area contributed by atoms with Crippen LogP contribution in [0.25, 0.3) is 0 Å². The quantitative estimate of drug-likeness (QED) is 0.636. The lowest BCUT2D eigenvalue weighted by atomic mass is 10.3. The van der Waals surface area contributed by atoms with Crippen LogP contribution in [0.1, 0.15) is 6.92 Å². The molecule has 0 saturated heterocycles. The second-order valence-corrected chi connectivity index (χ2v) is 5.80. The molecule has 0 saturated carbocycles. The maximum absolute atomic E-state index is 4.21. The Hall–Kier alpha value is -2.65. The number of hydrogen-bond acceptors (Lipinski definition) is 6. The first-order chi connectivity index (χ1) is 11.1. The topological polar surface area (TPSA) is 73.9 Å². The standard InChI is InChI=1S/C14H16N8S/c1-11-10-21(3)19-22(11)18-16-13-6-4-12(5-7-13)15-17-14-20(2)8-9-23-14/h4-10H,1-3H3/q+1. The van der Waals surface area contributed by atoms with Crippen molar-refractivity contribution < 1.29 is 4.57 Å². The van der Waals surface area contributed by atoms with Crippen molar-refractivity contribution in [2.75, 3.05) is 7.05 Å². The fraction of sp³-hybridized carbons (Fsp3) is 0.214. The highest BCUT2D eigenvalue weighted by Gasteiger charge is 2.15. The summed E-state index contributed by atoms with van der Waals surface area (Å²) in [6.45, 7) is 1.92. The van der Waals surface area contributed by atoms with Gasteiger partial charge in [0.1, 0.15) is 11.9 Å². The first-order valence-corrected chi connectivity index (χ1v) is 7.79. The van der Waals surface area contributed by atoms with E-state index in [1.807, 2.05) is 67.6 Å². The molecule has 0 atom stereocenters. The van der Waals surface area contributed by atoms with E-state index in [9.17, 15) is 0 Å². The SMILES string of the molecule is CC1=CN(C)[N]N1N=Nc1ccc(N=Nc2scc[n+]2C)cc1. The third-order valence-corrected chi connectivity index (χ3v) is 3.86. The lowest BCUT2D eigenvalue weighted by Gasteiger charge is -2.10. The maximum Gasteiger partial charge on any atom is 0.408 e. The summed E-state index contributed by atoms with van der Waals surface area (Å²) in [6, 6.07) is 7.37. The number of aryl methyl sites for hydroxylation is 1. The van der Waals surface area contributed by atoms with Crippen LogP contribution in [0, 0.1) is 0 Å². The van der Waals surface area contributed by atoms with Gasteiger partial charge in [-0.2, -0.15) is 0 Å². The van der Waals surface area contributed by atoms with E-state index in [0.717, 1.165) is 22.2 Å². The average Bonchev–Trinajstić information content (AvgIpc) is 3.09. The normalized spacial score (nSPS) is 15.2. The van der Waals surface area contributed by atoms with Gasteiger partial charge in [0.15, 0.2) is 0 Å². The smallest absolute Gasteiger partial charge is 0.278 e. The fourth-order valence-electron chi connectivity index (χ4n) is 1.84. The summed E-state index contributed by atoms with van der Waals surface area (Å²) < 4.78 is 1.92. The van der Waals surface area contributed by atoms with Crippen molar-refractivity contribution >= 4 is 27.8 Å². The molecule has 1 aromatic heterocycles. The molecule has 3 rings (SSSR count). The molecule has 0 aliphatic carbocycles. The Kier molecular flexibility index (Phi) is 4.40. The number of allylic oxidation sites excluding steroid dienone is 1. The maximum atomic E-state index is 4.21. The molecule has 0 N–H and O–H groups in total. The molecule has 8 nitrogen and oxygen atoms in total. The van der Waals surface area contributed by atoms with Gasteiger partial charge in [0, 0.05) is 24.2 Å². The molecule has 0 fully saturated rings. The van der Waals surface area contributed by atoms with Crippen LogP contribution in [0.2, 0.25) is 0 Å². The molecule has 2 aromatic rings. The second-order valence-electron chi connectivity index (χ2n) is 4.93. The Balaban J connectivity index is 1.64. The number of benzene rings is 1. The van der Waals surface area contributed by atoms with Crippen molar-refractivity contribution in [1.29, 1.82) is 0 Å². The van der Waals surface area contributed by atoms with Gasteiger partial charge in [-0.15, -0.1) is 10.2 Å². The Morgan fingerprint density at radius 2 is 1.78 bits per heavy atom.